The van der Waals surface area contributed by atoms with Crippen LogP contribution in [0.4, 0.5) is 0 Å². The van der Waals surface area contributed by atoms with Crippen molar-refractivity contribution in [3.8, 4) is 0 Å². The Bertz CT molecular complexity index is 399. The fourth-order valence-electron chi connectivity index (χ4n) is 2.28. The number of carbonyl (C=O) groups is 2. The second-order valence-electron chi connectivity index (χ2n) is 7.92. The zero-order valence-electron chi connectivity index (χ0n) is 15.4. The maximum Gasteiger partial charge on any atom is 0.311 e. The predicted molar refractivity (Wildman–Crippen MR) is 89.8 cm³/mol. The Balaban J connectivity index is 2.59. The molecule has 1 heterocycles. The lowest BCUT2D eigenvalue weighted by Gasteiger charge is -2.35. The van der Waals surface area contributed by atoms with Crippen molar-refractivity contribution >= 4 is 23.5 Å². The van der Waals surface area contributed by atoms with Crippen LogP contribution in [0, 0.1) is 0 Å². The van der Waals surface area contributed by atoms with Gasteiger partial charge >= 0.3 is 11.9 Å². The third-order valence-corrected chi connectivity index (χ3v) is 3.30. The van der Waals surface area contributed by atoms with Crippen LogP contribution in [-0.4, -0.2) is 47.5 Å². The number of hydrogen-bond donors (Lipinski definition) is 0. The van der Waals surface area contributed by atoms with Gasteiger partial charge in [-0.15, -0.1) is 11.6 Å². The van der Waals surface area contributed by atoms with E-state index in [1.807, 2.05) is 20.8 Å². The Morgan fingerprint density at radius 3 is 1.83 bits per heavy atom. The van der Waals surface area contributed by atoms with Crippen molar-refractivity contribution in [3.63, 3.8) is 0 Å². The molecular formula is C17H29ClO6. The number of hydrogen-bond acceptors (Lipinski definition) is 6. The quantitative estimate of drug-likeness (QED) is 0.551. The van der Waals surface area contributed by atoms with Gasteiger partial charge in [-0.1, -0.05) is 0 Å². The van der Waals surface area contributed by atoms with Crippen LogP contribution in [0.15, 0.2) is 0 Å². The van der Waals surface area contributed by atoms with Gasteiger partial charge in [0.1, 0.15) is 11.2 Å². The summed E-state index contributed by atoms with van der Waals surface area (Å²) >= 11 is 5.88. The summed E-state index contributed by atoms with van der Waals surface area (Å²) in [4.78, 5) is 23.9. The monoisotopic (exact) mass is 364 g/mol. The minimum Gasteiger partial charge on any atom is -0.460 e. The van der Waals surface area contributed by atoms with E-state index < -0.39 is 29.6 Å². The van der Waals surface area contributed by atoms with Crippen LogP contribution < -0.4 is 0 Å². The van der Waals surface area contributed by atoms with Crippen LogP contribution in [0.3, 0.4) is 0 Å². The van der Waals surface area contributed by atoms with Crippen LogP contribution in [0.25, 0.3) is 0 Å². The summed E-state index contributed by atoms with van der Waals surface area (Å²) in [5.74, 6) is -0.503. The van der Waals surface area contributed by atoms with Crippen molar-refractivity contribution in [2.75, 3.05) is 5.88 Å². The zero-order valence-corrected chi connectivity index (χ0v) is 16.1. The van der Waals surface area contributed by atoms with Crippen LogP contribution in [0.2, 0.25) is 0 Å². The molecule has 1 aliphatic heterocycles. The molecule has 0 radical (unpaired) electrons. The van der Waals surface area contributed by atoms with Gasteiger partial charge in [0.05, 0.1) is 25.0 Å². The maximum atomic E-state index is 12.0. The molecule has 0 aromatic carbocycles. The van der Waals surface area contributed by atoms with Crippen molar-refractivity contribution < 1.29 is 28.5 Å². The number of carbonyl (C=O) groups excluding carboxylic acids is 2. The van der Waals surface area contributed by atoms with E-state index in [0.717, 1.165) is 0 Å². The average molecular weight is 365 g/mol. The van der Waals surface area contributed by atoms with E-state index in [0.29, 0.717) is 6.42 Å². The summed E-state index contributed by atoms with van der Waals surface area (Å²) in [5.41, 5.74) is -1.13. The van der Waals surface area contributed by atoms with E-state index >= 15 is 0 Å². The van der Waals surface area contributed by atoms with Gasteiger partial charge in [0, 0.05) is 12.3 Å². The largest absolute Gasteiger partial charge is 0.460 e. The van der Waals surface area contributed by atoms with Crippen molar-refractivity contribution in [1.82, 2.24) is 0 Å². The molecule has 1 unspecified atom stereocenters. The Morgan fingerprint density at radius 2 is 1.38 bits per heavy atom. The van der Waals surface area contributed by atoms with Crippen LogP contribution >= 0.6 is 11.6 Å². The summed E-state index contributed by atoms with van der Waals surface area (Å²) in [6.07, 6.45) is -0.920. The highest BCUT2D eigenvalue weighted by atomic mass is 35.5. The standard InChI is InChI=1S/C17H29ClO6/c1-16(2,3)23-13(19)8-11-7-12(10-18)22-15(21-11)9-14(20)24-17(4,5)6/h11-12,15H,7-10H2,1-6H3/t11-,12+,15?/m1/s1. The van der Waals surface area contributed by atoms with Gasteiger partial charge in [-0.05, 0) is 41.5 Å². The van der Waals surface area contributed by atoms with Gasteiger partial charge in [-0.2, -0.15) is 0 Å². The van der Waals surface area contributed by atoms with E-state index in [-0.39, 0.29) is 30.8 Å². The molecule has 7 heteroatoms. The Kier molecular flexibility index (Phi) is 7.50. The van der Waals surface area contributed by atoms with Gasteiger partial charge in [-0.3, -0.25) is 9.59 Å². The molecule has 140 valence electrons. The molecule has 3 atom stereocenters. The molecule has 1 rings (SSSR count). The van der Waals surface area contributed by atoms with Crippen molar-refractivity contribution in [2.24, 2.45) is 0 Å². The molecule has 1 fully saturated rings. The normalized spacial score (nSPS) is 25.2. The van der Waals surface area contributed by atoms with E-state index in [4.69, 9.17) is 30.5 Å². The summed E-state index contributed by atoms with van der Waals surface area (Å²) < 4.78 is 21.9. The van der Waals surface area contributed by atoms with Gasteiger partial charge < -0.3 is 18.9 Å². The molecule has 0 bridgehead atoms. The number of rotatable bonds is 5. The summed E-state index contributed by atoms with van der Waals surface area (Å²) in [6.45, 7) is 10.8. The molecule has 0 amide bonds. The molecule has 0 N–H and O–H groups in total. The van der Waals surface area contributed by atoms with Crippen molar-refractivity contribution in [1.29, 1.82) is 0 Å². The molecule has 24 heavy (non-hydrogen) atoms. The second kappa shape index (κ2) is 8.50. The summed E-state index contributed by atoms with van der Waals surface area (Å²) in [7, 11) is 0. The number of ether oxygens (including phenoxy) is 4. The smallest absolute Gasteiger partial charge is 0.311 e. The lowest BCUT2D eigenvalue weighted by molar-refractivity contribution is -0.244. The van der Waals surface area contributed by atoms with Crippen molar-refractivity contribution in [3.05, 3.63) is 0 Å². The maximum absolute atomic E-state index is 12.0. The summed E-state index contributed by atoms with van der Waals surface area (Å²) in [6, 6.07) is 0. The topological polar surface area (TPSA) is 71.1 Å². The third kappa shape index (κ3) is 8.85. The van der Waals surface area contributed by atoms with Crippen LogP contribution in [0.5, 0.6) is 0 Å². The van der Waals surface area contributed by atoms with Gasteiger partial charge in [0.15, 0.2) is 6.29 Å². The SMILES string of the molecule is CC(C)(C)OC(=O)CC1O[C@H](CCl)C[C@H](CC(=O)OC(C)(C)C)O1. The number of esters is 2. The molecule has 0 aromatic rings. The number of halogens is 1. The Morgan fingerprint density at radius 1 is 0.917 bits per heavy atom. The first kappa shape index (κ1) is 21.2. The van der Waals surface area contributed by atoms with Crippen LogP contribution in [0.1, 0.15) is 60.8 Å². The zero-order chi connectivity index (χ0) is 18.5. The molecule has 0 aromatic heterocycles. The highest BCUT2D eigenvalue weighted by Gasteiger charge is 2.34. The first-order valence-electron chi connectivity index (χ1n) is 8.18. The first-order chi connectivity index (χ1) is 10.9. The van der Waals surface area contributed by atoms with Gasteiger partial charge in [0.2, 0.25) is 0 Å². The highest BCUT2D eigenvalue weighted by molar-refractivity contribution is 6.18. The van der Waals surface area contributed by atoms with E-state index in [2.05, 4.69) is 0 Å². The van der Waals surface area contributed by atoms with E-state index in [1.54, 1.807) is 20.8 Å². The number of alkyl halides is 1. The molecule has 1 saturated heterocycles. The molecule has 1 aliphatic rings. The van der Waals surface area contributed by atoms with Gasteiger partial charge in [0.25, 0.3) is 0 Å². The lowest BCUT2D eigenvalue weighted by Crippen LogP contribution is -2.42. The molecule has 0 aliphatic carbocycles. The highest BCUT2D eigenvalue weighted by Crippen LogP contribution is 2.25. The third-order valence-electron chi connectivity index (χ3n) is 2.95. The average Bonchev–Trinajstić information content (AvgIpc) is 2.33. The van der Waals surface area contributed by atoms with Crippen LogP contribution in [-0.2, 0) is 28.5 Å². The minimum atomic E-state index is -0.773. The fourth-order valence-corrected chi connectivity index (χ4v) is 2.48. The minimum absolute atomic E-state index is 0.0462. The Labute approximate surface area is 149 Å². The fraction of sp³-hybridized carbons (Fsp3) is 0.882. The summed E-state index contributed by atoms with van der Waals surface area (Å²) in [5, 5.41) is 0. The van der Waals surface area contributed by atoms with Crippen molar-refractivity contribution in [2.45, 2.75) is 90.5 Å². The Hall–Kier alpha value is -0.850. The molecule has 0 saturated carbocycles. The second-order valence-corrected chi connectivity index (χ2v) is 8.23. The lowest BCUT2D eigenvalue weighted by atomic mass is 10.1. The predicted octanol–water partition coefficient (Wildman–Crippen LogP) is 3.19. The van der Waals surface area contributed by atoms with E-state index in [9.17, 15) is 9.59 Å². The molecular weight excluding hydrogens is 336 g/mol. The van der Waals surface area contributed by atoms with E-state index in [1.165, 1.54) is 0 Å². The van der Waals surface area contributed by atoms with Gasteiger partial charge in [-0.25, -0.2) is 0 Å². The molecule has 0 spiro atoms. The molecule has 6 nitrogen and oxygen atoms in total. The first-order valence-corrected chi connectivity index (χ1v) is 8.72.